The molecule has 2 rings (SSSR count). The number of anilines is 1. The van der Waals surface area contributed by atoms with Gasteiger partial charge in [0, 0.05) is 38.4 Å². The molecule has 1 fully saturated rings. The molecular formula is C12H20N4. The van der Waals surface area contributed by atoms with Gasteiger partial charge in [0.15, 0.2) is 0 Å². The molecule has 1 unspecified atom stereocenters. The highest BCUT2D eigenvalue weighted by atomic mass is 15.3. The van der Waals surface area contributed by atoms with Crippen molar-refractivity contribution in [2.75, 3.05) is 32.4 Å². The first-order chi connectivity index (χ1) is 7.65. The number of aromatic nitrogens is 1. The molecule has 4 nitrogen and oxygen atoms in total. The lowest BCUT2D eigenvalue weighted by Gasteiger charge is -2.37. The van der Waals surface area contributed by atoms with Gasteiger partial charge in [0.05, 0.1) is 0 Å². The molecule has 1 saturated heterocycles. The van der Waals surface area contributed by atoms with Crippen LogP contribution in [0.5, 0.6) is 0 Å². The predicted octanol–water partition coefficient (Wildman–Crippen LogP) is 0.800. The van der Waals surface area contributed by atoms with Gasteiger partial charge in [-0.2, -0.15) is 0 Å². The standard InChI is InChI=1S/C12H20N4/c1-10-8-16(6-5-15(10)2)9-11-3-4-12(13)14-7-11/h3-4,7,10H,5-6,8-9H2,1-2H3,(H2,13,14). The Morgan fingerprint density at radius 1 is 1.44 bits per heavy atom. The molecule has 1 aromatic rings. The third-order valence-electron chi connectivity index (χ3n) is 3.30. The van der Waals surface area contributed by atoms with E-state index in [-0.39, 0.29) is 0 Å². The van der Waals surface area contributed by atoms with E-state index in [9.17, 15) is 0 Å². The normalized spacial score (nSPS) is 23.5. The summed E-state index contributed by atoms with van der Waals surface area (Å²) in [6.45, 7) is 6.65. The molecule has 2 N–H and O–H groups in total. The van der Waals surface area contributed by atoms with Crippen molar-refractivity contribution in [1.82, 2.24) is 14.8 Å². The molecule has 0 radical (unpaired) electrons. The molecule has 2 heterocycles. The van der Waals surface area contributed by atoms with Crippen molar-refractivity contribution in [2.24, 2.45) is 0 Å². The van der Waals surface area contributed by atoms with Gasteiger partial charge in [0.1, 0.15) is 5.82 Å². The van der Waals surface area contributed by atoms with E-state index in [4.69, 9.17) is 5.73 Å². The van der Waals surface area contributed by atoms with Crippen LogP contribution in [0.4, 0.5) is 5.82 Å². The molecule has 1 aliphatic heterocycles. The average molecular weight is 220 g/mol. The van der Waals surface area contributed by atoms with Gasteiger partial charge in [0.2, 0.25) is 0 Å². The molecule has 0 amide bonds. The van der Waals surface area contributed by atoms with E-state index in [1.165, 1.54) is 5.56 Å². The maximum atomic E-state index is 5.57. The summed E-state index contributed by atoms with van der Waals surface area (Å²) in [5, 5.41) is 0. The van der Waals surface area contributed by atoms with Crippen molar-refractivity contribution in [2.45, 2.75) is 19.5 Å². The minimum absolute atomic E-state index is 0.593. The molecule has 88 valence electrons. The van der Waals surface area contributed by atoms with Crippen molar-refractivity contribution in [3.8, 4) is 0 Å². The van der Waals surface area contributed by atoms with Gasteiger partial charge in [-0.05, 0) is 25.6 Å². The zero-order chi connectivity index (χ0) is 11.5. The van der Waals surface area contributed by atoms with Gasteiger partial charge in [-0.15, -0.1) is 0 Å². The summed E-state index contributed by atoms with van der Waals surface area (Å²) >= 11 is 0. The van der Waals surface area contributed by atoms with Crippen LogP contribution in [-0.4, -0.2) is 47.5 Å². The van der Waals surface area contributed by atoms with Gasteiger partial charge >= 0.3 is 0 Å². The number of hydrogen-bond acceptors (Lipinski definition) is 4. The van der Waals surface area contributed by atoms with Crippen LogP contribution in [0.2, 0.25) is 0 Å². The number of hydrogen-bond donors (Lipinski definition) is 1. The van der Waals surface area contributed by atoms with Crippen molar-refractivity contribution in [1.29, 1.82) is 0 Å². The zero-order valence-electron chi connectivity index (χ0n) is 10.1. The smallest absolute Gasteiger partial charge is 0.123 e. The first-order valence-corrected chi connectivity index (χ1v) is 5.78. The first kappa shape index (κ1) is 11.4. The monoisotopic (exact) mass is 220 g/mol. The maximum Gasteiger partial charge on any atom is 0.123 e. The molecule has 0 aromatic carbocycles. The molecule has 1 aliphatic rings. The number of piperazine rings is 1. The van der Waals surface area contributed by atoms with Gasteiger partial charge < -0.3 is 10.6 Å². The summed E-state index contributed by atoms with van der Waals surface area (Å²) in [4.78, 5) is 8.99. The highest BCUT2D eigenvalue weighted by molar-refractivity contribution is 5.29. The molecule has 0 bridgehead atoms. The van der Waals surface area contributed by atoms with Gasteiger partial charge in [-0.1, -0.05) is 6.07 Å². The first-order valence-electron chi connectivity index (χ1n) is 5.78. The molecule has 4 heteroatoms. The minimum Gasteiger partial charge on any atom is -0.384 e. The van der Waals surface area contributed by atoms with E-state index >= 15 is 0 Å². The summed E-state index contributed by atoms with van der Waals surface area (Å²) in [5.41, 5.74) is 6.81. The average Bonchev–Trinajstić information content (AvgIpc) is 2.27. The van der Waals surface area contributed by atoms with Gasteiger partial charge in [0.25, 0.3) is 0 Å². The van der Waals surface area contributed by atoms with Crippen molar-refractivity contribution in [3.63, 3.8) is 0 Å². The topological polar surface area (TPSA) is 45.4 Å². The van der Waals surface area contributed by atoms with Crippen LogP contribution >= 0.6 is 0 Å². The second-order valence-corrected chi connectivity index (χ2v) is 4.66. The van der Waals surface area contributed by atoms with Crippen molar-refractivity contribution < 1.29 is 0 Å². The van der Waals surface area contributed by atoms with Crippen LogP contribution in [0.1, 0.15) is 12.5 Å². The number of rotatable bonds is 2. The second-order valence-electron chi connectivity index (χ2n) is 4.66. The SMILES string of the molecule is CC1CN(Cc2ccc(N)nc2)CCN1C. The Morgan fingerprint density at radius 2 is 2.25 bits per heavy atom. The summed E-state index contributed by atoms with van der Waals surface area (Å²) in [6, 6.07) is 4.57. The molecular weight excluding hydrogens is 200 g/mol. The van der Waals surface area contributed by atoms with Crippen LogP contribution in [0, 0.1) is 0 Å². The van der Waals surface area contributed by atoms with Crippen LogP contribution in [0.25, 0.3) is 0 Å². The van der Waals surface area contributed by atoms with Crippen molar-refractivity contribution >= 4 is 5.82 Å². The lowest BCUT2D eigenvalue weighted by atomic mass is 10.2. The summed E-state index contributed by atoms with van der Waals surface area (Å²) in [6.07, 6.45) is 1.87. The number of nitrogens with zero attached hydrogens (tertiary/aromatic N) is 3. The van der Waals surface area contributed by atoms with E-state index in [1.807, 2.05) is 12.3 Å². The minimum atomic E-state index is 0.593. The van der Waals surface area contributed by atoms with Crippen LogP contribution in [0.15, 0.2) is 18.3 Å². The fourth-order valence-corrected chi connectivity index (χ4v) is 2.06. The quantitative estimate of drug-likeness (QED) is 0.801. The third-order valence-corrected chi connectivity index (χ3v) is 3.30. The Morgan fingerprint density at radius 3 is 2.88 bits per heavy atom. The number of likely N-dealkylation sites (N-methyl/N-ethyl adjacent to an activating group) is 1. The predicted molar refractivity (Wildman–Crippen MR) is 66.0 cm³/mol. The van der Waals surface area contributed by atoms with E-state index < -0.39 is 0 Å². The maximum absolute atomic E-state index is 5.57. The van der Waals surface area contributed by atoms with E-state index in [0.717, 1.165) is 26.2 Å². The van der Waals surface area contributed by atoms with E-state index in [0.29, 0.717) is 11.9 Å². The molecule has 1 atom stereocenters. The molecule has 0 aliphatic carbocycles. The number of pyridine rings is 1. The Balaban J connectivity index is 1.93. The van der Waals surface area contributed by atoms with Crippen molar-refractivity contribution in [3.05, 3.63) is 23.9 Å². The molecule has 0 spiro atoms. The molecule has 16 heavy (non-hydrogen) atoms. The fraction of sp³-hybridized carbons (Fsp3) is 0.583. The summed E-state index contributed by atoms with van der Waals surface area (Å²) in [7, 11) is 2.19. The van der Waals surface area contributed by atoms with Gasteiger partial charge in [-0.25, -0.2) is 4.98 Å². The Bertz CT molecular complexity index is 335. The molecule has 0 saturated carbocycles. The Kier molecular flexibility index (Phi) is 3.41. The summed E-state index contributed by atoms with van der Waals surface area (Å²) < 4.78 is 0. The fourth-order valence-electron chi connectivity index (χ4n) is 2.06. The summed E-state index contributed by atoms with van der Waals surface area (Å²) in [5.74, 6) is 0.593. The van der Waals surface area contributed by atoms with Crippen LogP contribution < -0.4 is 5.73 Å². The largest absolute Gasteiger partial charge is 0.384 e. The highest BCUT2D eigenvalue weighted by Crippen LogP contribution is 2.11. The lowest BCUT2D eigenvalue weighted by Crippen LogP contribution is -2.49. The highest BCUT2D eigenvalue weighted by Gasteiger charge is 2.20. The molecule has 1 aromatic heterocycles. The van der Waals surface area contributed by atoms with Crippen LogP contribution in [0.3, 0.4) is 0 Å². The lowest BCUT2D eigenvalue weighted by molar-refractivity contribution is 0.0999. The number of nitrogen functional groups attached to an aromatic ring is 1. The van der Waals surface area contributed by atoms with Crippen LogP contribution in [-0.2, 0) is 6.54 Å². The van der Waals surface area contributed by atoms with E-state index in [1.54, 1.807) is 0 Å². The second kappa shape index (κ2) is 4.80. The number of nitrogens with two attached hydrogens (primary N) is 1. The van der Waals surface area contributed by atoms with Gasteiger partial charge in [-0.3, -0.25) is 4.90 Å². The third kappa shape index (κ3) is 2.71. The van der Waals surface area contributed by atoms with E-state index in [2.05, 4.69) is 34.8 Å². The Hall–Kier alpha value is -1.13. The zero-order valence-corrected chi connectivity index (χ0v) is 10.1. The Labute approximate surface area is 97.1 Å².